The molecule has 0 spiro atoms. The Hall–Kier alpha value is -0.780. The first-order valence-electron chi connectivity index (χ1n) is 7.04. The summed E-state index contributed by atoms with van der Waals surface area (Å²) in [6.07, 6.45) is -1.21. The van der Waals surface area contributed by atoms with Crippen molar-refractivity contribution in [1.29, 1.82) is 0 Å². The Kier molecular flexibility index (Phi) is 6.50. The highest BCUT2D eigenvalue weighted by Crippen LogP contribution is 2.33. The van der Waals surface area contributed by atoms with Gasteiger partial charge in [0.25, 0.3) is 0 Å². The van der Waals surface area contributed by atoms with Gasteiger partial charge in [0.2, 0.25) is 0 Å². The summed E-state index contributed by atoms with van der Waals surface area (Å²) in [7, 11) is 0. The lowest BCUT2D eigenvalue weighted by atomic mass is 9.95. The molecule has 0 radical (unpaired) electrons. The van der Waals surface area contributed by atoms with Crippen LogP contribution < -0.4 is 5.73 Å². The third-order valence-electron chi connectivity index (χ3n) is 3.97. The molecular formula is C15H22ClF3N2. The van der Waals surface area contributed by atoms with E-state index in [-0.39, 0.29) is 24.5 Å². The van der Waals surface area contributed by atoms with Gasteiger partial charge >= 0.3 is 6.18 Å². The summed E-state index contributed by atoms with van der Waals surface area (Å²) in [5, 5.41) is 0. The van der Waals surface area contributed by atoms with Gasteiger partial charge in [-0.05, 0) is 37.9 Å². The largest absolute Gasteiger partial charge is 0.416 e. The third-order valence-corrected chi connectivity index (χ3v) is 3.97. The molecule has 0 bridgehead atoms. The Balaban J connectivity index is 0.00000220. The van der Waals surface area contributed by atoms with Crippen LogP contribution in [0, 0.1) is 0 Å². The summed E-state index contributed by atoms with van der Waals surface area (Å²) in [5.41, 5.74) is 5.78. The minimum atomic E-state index is -4.30. The second-order valence-corrected chi connectivity index (χ2v) is 5.55. The summed E-state index contributed by atoms with van der Waals surface area (Å²) in [6, 6.07) is 5.97. The van der Waals surface area contributed by atoms with Crippen LogP contribution in [0.25, 0.3) is 0 Å². The molecule has 0 aromatic heterocycles. The molecule has 6 heteroatoms. The van der Waals surface area contributed by atoms with Crippen molar-refractivity contribution in [2.75, 3.05) is 6.54 Å². The number of halogens is 4. The second-order valence-electron chi connectivity index (χ2n) is 5.55. The Bertz CT molecular complexity index is 449. The average molecular weight is 323 g/mol. The van der Waals surface area contributed by atoms with E-state index in [1.165, 1.54) is 6.07 Å². The first-order chi connectivity index (χ1) is 9.39. The Labute approximate surface area is 129 Å². The molecule has 1 aliphatic rings. The molecule has 1 aliphatic heterocycles. The first-order valence-corrected chi connectivity index (χ1v) is 7.04. The highest BCUT2D eigenvalue weighted by atomic mass is 35.5. The van der Waals surface area contributed by atoms with Crippen molar-refractivity contribution < 1.29 is 13.2 Å². The zero-order valence-electron chi connectivity index (χ0n) is 12.1. The number of hydrogen-bond donors (Lipinski definition) is 1. The van der Waals surface area contributed by atoms with Gasteiger partial charge in [0.1, 0.15) is 0 Å². The van der Waals surface area contributed by atoms with E-state index < -0.39 is 11.7 Å². The Morgan fingerprint density at radius 3 is 2.57 bits per heavy atom. The molecule has 0 amide bonds. The summed E-state index contributed by atoms with van der Waals surface area (Å²) in [6.45, 7) is 3.07. The number of likely N-dealkylation sites (tertiary alicyclic amines) is 1. The van der Waals surface area contributed by atoms with E-state index in [4.69, 9.17) is 5.73 Å². The highest BCUT2D eigenvalue weighted by Gasteiger charge is 2.34. The minimum absolute atomic E-state index is 0. The van der Waals surface area contributed by atoms with Crippen LogP contribution in [0.1, 0.15) is 37.3 Å². The van der Waals surface area contributed by atoms with Gasteiger partial charge in [-0.25, -0.2) is 0 Å². The normalized spacial score (nSPS) is 21.7. The first kappa shape index (κ1) is 18.3. The molecule has 2 rings (SSSR count). The fraction of sp³-hybridized carbons (Fsp3) is 0.600. The molecule has 1 saturated heterocycles. The molecule has 2 unspecified atom stereocenters. The molecule has 120 valence electrons. The molecule has 2 nitrogen and oxygen atoms in total. The lowest BCUT2D eigenvalue weighted by molar-refractivity contribution is -0.138. The number of nitrogens with zero attached hydrogens (tertiary/aromatic N) is 1. The topological polar surface area (TPSA) is 29.3 Å². The van der Waals surface area contributed by atoms with Crippen molar-refractivity contribution in [3.8, 4) is 0 Å². The number of rotatable bonds is 3. The second kappa shape index (κ2) is 7.47. The van der Waals surface area contributed by atoms with E-state index >= 15 is 0 Å². The molecule has 0 saturated carbocycles. The summed E-state index contributed by atoms with van der Waals surface area (Å²) in [5.74, 6) is 0. The fourth-order valence-corrected chi connectivity index (χ4v) is 2.96. The van der Waals surface area contributed by atoms with Crippen LogP contribution in [0.2, 0.25) is 0 Å². The van der Waals surface area contributed by atoms with Crippen LogP contribution in [-0.4, -0.2) is 23.5 Å². The molecule has 1 aromatic carbocycles. The SMILES string of the molecule is CC(N)C1CCCCN1Cc1ccccc1C(F)(F)F.Cl. The van der Waals surface area contributed by atoms with Gasteiger partial charge in [0.15, 0.2) is 0 Å². The fourth-order valence-electron chi connectivity index (χ4n) is 2.96. The molecule has 2 atom stereocenters. The molecule has 0 aliphatic carbocycles. The van der Waals surface area contributed by atoms with E-state index in [0.717, 1.165) is 31.9 Å². The van der Waals surface area contributed by atoms with E-state index in [0.29, 0.717) is 12.1 Å². The molecule has 1 fully saturated rings. The maximum atomic E-state index is 13.0. The van der Waals surface area contributed by atoms with Crippen LogP contribution in [0.5, 0.6) is 0 Å². The predicted octanol–water partition coefficient (Wildman–Crippen LogP) is 3.83. The van der Waals surface area contributed by atoms with E-state index in [2.05, 4.69) is 4.90 Å². The predicted molar refractivity (Wildman–Crippen MR) is 80.4 cm³/mol. The van der Waals surface area contributed by atoms with Gasteiger partial charge in [-0.1, -0.05) is 24.6 Å². The standard InChI is InChI=1S/C15H21F3N2.ClH/c1-11(19)14-8-4-5-9-20(14)10-12-6-2-3-7-13(12)15(16,17)18;/h2-3,6-7,11,14H,4-5,8-10,19H2,1H3;1H. The highest BCUT2D eigenvalue weighted by molar-refractivity contribution is 5.85. The van der Waals surface area contributed by atoms with Gasteiger partial charge in [0.05, 0.1) is 5.56 Å². The Morgan fingerprint density at radius 2 is 1.95 bits per heavy atom. The number of hydrogen-bond acceptors (Lipinski definition) is 2. The van der Waals surface area contributed by atoms with E-state index in [9.17, 15) is 13.2 Å². The van der Waals surface area contributed by atoms with Gasteiger partial charge in [-0.15, -0.1) is 12.4 Å². The number of benzene rings is 1. The molecule has 21 heavy (non-hydrogen) atoms. The van der Waals surface area contributed by atoms with Gasteiger partial charge in [-0.3, -0.25) is 4.90 Å². The van der Waals surface area contributed by atoms with Crippen molar-refractivity contribution in [2.45, 2.75) is 51.0 Å². The Morgan fingerprint density at radius 1 is 1.29 bits per heavy atom. The van der Waals surface area contributed by atoms with Gasteiger partial charge in [-0.2, -0.15) is 13.2 Å². The lowest BCUT2D eigenvalue weighted by Gasteiger charge is -2.38. The monoisotopic (exact) mass is 322 g/mol. The van der Waals surface area contributed by atoms with Crippen LogP contribution in [-0.2, 0) is 12.7 Å². The van der Waals surface area contributed by atoms with Gasteiger partial charge in [0, 0.05) is 18.6 Å². The van der Waals surface area contributed by atoms with Crippen molar-refractivity contribution >= 4 is 12.4 Å². The van der Waals surface area contributed by atoms with Crippen molar-refractivity contribution in [3.05, 3.63) is 35.4 Å². The lowest BCUT2D eigenvalue weighted by Crippen LogP contribution is -2.48. The zero-order valence-corrected chi connectivity index (χ0v) is 12.9. The number of piperidine rings is 1. The van der Waals surface area contributed by atoms with E-state index in [1.54, 1.807) is 12.1 Å². The van der Waals surface area contributed by atoms with Gasteiger partial charge < -0.3 is 5.73 Å². The summed E-state index contributed by atoms with van der Waals surface area (Å²) < 4.78 is 39.0. The smallest absolute Gasteiger partial charge is 0.327 e. The quantitative estimate of drug-likeness (QED) is 0.916. The van der Waals surface area contributed by atoms with E-state index in [1.807, 2.05) is 6.92 Å². The zero-order chi connectivity index (χ0) is 14.8. The maximum Gasteiger partial charge on any atom is 0.416 e. The van der Waals surface area contributed by atoms with Crippen LogP contribution in [0.4, 0.5) is 13.2 Å². The van der Waals surface area contributed by atoms with Crippen molar-refractivity contribution in [1.82, 2.24) is 4.90 Å². The molecular weight excluding hydrogens is 301 g/mol. The third kappa shape index (κ3) is 4.59. The number of nitrogens with two attached hydrogens (primary N) is 1. The maximum absolute atomic E-state index is 13.0. The molecule has 1 heterocycles. The number of alkyl halides is 3. The summed E-state index contributed by atoms with van der Waals surface area (Å²) >= 11 is 0. The van der Waals surface area contributed by atoms with Crippen molar-refractivity contribution in [2.24, 2.45) is 5.73 Å². The molecule has 2 N–H and O–H groups in total. The average Bonchev–Trinajstić information content (AvgIpc) is 2.38. The van der Waals surface area contributed by atoms with Crippen LogP contribution in [0.3, 0.4) is 0 Å². The molecule has 1 aromatic rings. The van der Waals surface area contributed by atoms with Crippen LogP contribution >= 0.6 is 12.4 Å². The summed E-state index contributed by atoms with van der Waals surface area (Å²) in [4.78, 5) is 2.10. The minimum Gasteiger partial charge on any atom is -0.327 e. The van der Waals surface area contributed by atoms with Crippen molar-refractivity contribution in [3.63, 3.8) is 0 Å². The van der Waals surface area contributed by atoms with Crippen LogP contribution in [0.15, 0.2) is 24.3 Å².